The van der Waals surface area contributed by atoms with Crippen molar-refractivity contribution in [3.8, 4) is 0 Å². The topological polar surface area (TPSA) is 111 Å². The van der Waals surface area contributed by atoms with Gasteiger partial charge in [0.1, 0.15) is 6.33 Å². The van der Waals surface area contributed by atoms with E-state index in [1.54, 1.807) is 10.9 Å². The fourth-order valence-electron chi connectivity index (χ4n) is 2.46. The van der Waals surface area contributed by atoms with Gasteiger partial charge < -0.3 is 9.47 Å². The Labute approximate surface area is 182 Å². The van der Waals surface area contributed by atoms with Gasteiger partial charge >= 0.3 is 10.4 Å². The number of nitrogens with zero attached hydrogens (tertiary/aromatic N) is 6. The summed E-state index contributed by atoms with van der Waals surface area (Å²) in [6.07, 6.45) is 1.60. The summed E-state index contributed by atoms with van der Waals surface area (Å²) in [5.74, 6) is 0.485. The lowest BCUT2D eigenvalue weighted by Crippen LogP contribution is -2.21. The lowest BCUT2D eigenvalue weighted by atomic mass is 10.2. The predicted octanol–water partition coefficient (Wildman–Crippen LogP) is 3.78. The normalized spacial score (nSPS) is 11.2. The van der Waals surface area contributed by atoms with Gasteiger partial charge in [0.2, 0.25) is 0 Å². The van der Waals surface area contributed by atoms with Crippen molar-refractivity contribution in [2.45, 2.75) is 13.5 Å². The van der Waals surface area contributed by atoms with Crippen molar-refractivity contribution in [1.82, 2.24) is 14.8 Å². The quantitative estimate of drug-likeness (QED) is 0.484. The van der Waals surface area contributed by atoms with E-state index >= 15 is 0 Å². The molecule has 0 spiro atoms. The van der Waals surface area contributed by atoms with Crippen molar-refractivity contribution in [3.05, 3.63) is 66.5 Å². The zero-order valence-corrected chi connectivity index (χ0v) is 18.7. The van der Waals surface area contributed by atoms with Crippen LogP contribution in [0.2, 0.25) is 0 Å². The molecule has 0 saturated heterocycles. The Bertz CT molecular complexity index is 1040. The molecule has 0 fully saturated rings. The van der Waals surface area contributed by atoms with Gasteiger partial charge in [-0.25, -0.2) is 0 Å². The second-order valence-corrected chi connectivity index (χ2v) is 7.68. The van der Waals surface area contributed by atoms with E-state index in [1.807, 2.05) is 25.2 Å². The van der Waals surface area contributed by atoms with Gasteiger partial charge in [-0.05, 0) is 36.8 Å². The Hall–Kier alpha value is -3.15. The van der Waals surface area contributed by atoms with Gasteiger partial charge in [0.15, 0.2) is 0 Å². The number of hydrogen-bond acceptors (Lipinski definition) is 9. The summed E-state index contributed by atoms with van der Waals surface area (Å²) in [7, 11) is 0.229. The Morgan fingerprint density at radius 1 is 1.00 bits per heavy atom. The van der Waals surface area contributed by atoms with Gasteiger partial charge in [0, 0.05) is 25.8 Å². The number of hydrogen-bond donors (Lipinski definition) is 0. The molecule has 1 aromatic heterocycles. The van der Waals surface area contributed by atoms with E-state index in [2.05, 4.69) is 77.0 Å². The number of aryl methyl sites for hydroxylation is 1. The molecular formula is C20H26N6O4S. The van der Waals surface area contributed by atoms with Gasteiger partial charge in [-0.2, -0.15) is 8.42 Å². The molecule has 31 heavy (non-hydrogen) atoms. The Balaban J connectivity index is 0.000000423. The van der Waals surface area contributed by atoms with Crippen LogP contribution in [-0.4, -0.2) is 43.9 Å². The van der Waals surface area contributed by atoms with E-state index in [9.17, 15) is 8.42 Å². The number of aromatic nitrogens is 3. The molecule has 2 aromatic carbocycles. The predicted molar refractivity (Wildman–Crippen MR) is 118 cm³/mol. The van der Waals surface area contributed by atoms with Crippen LogP contribution >= 0.6 is 0 Å². The first kappa shape index (κ1) is 24.1. The molecule has 0 unspecified atom stereocenters. The molecule has 0 atom stereocenters. The second kappa shape index (κ2) is 11.9. The molecule has 0 aliphatic heterocycles. The Morgan fingerprint density at radius 3 is 2.13 bits per heavy atom. The third kappa shape index (κ3) is 7.89. The fourth-order valence-corrected chi connectivity index (χ4v) is 2.59. The first-order valence-corrected chi connectivity index (χ1v) is 10.7. The Kier molecular flexibility index (Phi) is 9.25. The second-order valence-electron chi connectivity index (χ2n) is 6.20. The molecule has 0 aliphatic carbocycles. The molecule has 0 amide bonds. The molecule has 0 bridgehead atoms. The molecule has 1 heterocycles. The summed E-state index contributed by atoms with van der Waals surface area (Å²) >= 11 is 0. The molecule has 3 aromatic rings. The summed E-state index contributed by atoms with van der Waals surface area (Å²) in [5, 5.41) is 16.0. The first-order valence-electron chi connectivity index (χ1n) is 9.39. The summed E-state index contributed by atoms with van der Waals surface area (Å²) in [5.41, 5.74) is 3.25. The summed E-state index contributed by atoms with van der Waals surface area (Å²) in [4.78, 5) is 2.32. The standard InChI is InChI=1S/C18H20N6.C2H6O4S/c1-3-24(13-15-7-5-4-6-8-15)17-11-9-16(10-12-17)20-22-18-21-19-14-23(18)2;1-5-7(3,4)6-2/h4-12,14H,3,13H2,1-2H3;1-2H3. The van der Waals surface area contributed by atoms with E-state index in [1.165, 1.54) is 11.3 Å². The molecule has 0 N–H and O–H groups in total. The van der Waals surface area contributed by atoms with Crippen molar-refractivity contribution in [1.29, 1.82) is 0 Å². The van der Waals surface area contributed by atoms with E-state index in [0.717, 1.165) is 33.0 Å². The smallest absolute Gasteiger partial charge is 0.367 e. The first-order chi connectivity index (χ1) is 14.9. The minimum atomic E-state index is -3.66. The van der Waals surface area contributed by atoms with Crippen LogP contribution in [0.3, 0.4) is 0 Å². The van der Waals surface area contributed by atoms with Crippen LogP contribution in [0.5, 0.6) is 0 Å². The summed E-state index contributed by atoms with van der Waals surface area (Å²) in [6.45, 7) is 3.98. The lowest BCUT2D eigenvalue weighted by molar-refractivity contribution is 0.286. The maximum atomic E-state index is 9.92. The molecule has 3 rings (SSSR count). The molecule has 166 valence electrons. The number of azo groups is 1. The van der Waals surface area contributed by atoms with Crippen molar-refractivity contribution >= 4 is 27.7 Å². The van der Waals surface area contributed by atoms with Gasteiger partial charge in [-0.15, -0.1) is 20.4 Å². The van der Waals surface area contributed by atoms with Crippen LogP contribution in [0.25, 0.3) is 0 Å². The average molecular weight is 447 g/mol. The highest BCUT2D eigenvalue weighted by molar-refractivity contribution is 7.81. The zero-order chi connectivity index (χ0) is 22.7. The monoisotopic (exact) mass is 446 g/mol. The highest BCUT2D eigenvalue weighted by atomic mass is 32.3. The van der Waals surface area contributed by atoms with Crippen LogP contribution in [0, 0.1) is 0 Å². The number of rotatable bonds is 8. The summed E-state index contributed by atoms with van der Waals surface area (Å²) < 4.78 is 29.2. The van der Waals surface area contributed by atoms with Crippen molar-refractivity contribution < 1.29 is 16.8 Å². The molecule has 11 heteroatoms. The van der Waals surface area contributed by atoms with Crippen LogP contribution in [0.15, 0.2) is 71.2 Å². The van der Waals surface area contributed by atoms with Crippen LogP contribution in [-0.2, 0) is 32.4 Å². The van der Waals surface area contributed by atoms with Gasteiger partial charge in [0.05, 0.1) is 19.9 Å². The van der Waals surface area contributed by atoms with Gasteiger partial charge in [-0.3, -0.25) is 8.37 Å². The van der Waals surface area contributed by atoms with Crippen LogP contribution < -0.4 is 4.90 Å². The molecule has 10 nitrogen and oxygen atoms in total. The van der Waals surface area contributed by atoms with Crippen molar-refractivity contribution in [3.63, 3.8) is 0 Å². The van der Waals surface area contributed by atoms with E-state index in [0.29, 0.717) is 5.95 Å². The van der Waals surface area contributed by atoms with E-state index < -0.39 is 10.4 Å². The minimum absolute atomic E-state index is 0.485. The maximum Gasteiger partial charge on any atom is 0.399 e. The van der Waals surface area contributed by atoms with E-state index in [-0.39, 0.29) is 0 Å². The third-order valence-electron chi connectivity index (χ3n) is 4.16. The largest absolute Gasteiger partial charge is 0.399 e. The molecule has 0 saturated carbocycles. The van der Waals surface area contributed by atoms with Crippen molar-refractivity contribution in [2.24, 2.45) is 17.3 Å². The molecular weight excluding hydrogens is 420 g/mol. The molecule has 0 aliphatic rings. The van der Waals surface area contributed by atoms with Crippen LogP contribution in [0.4, 0.5) is 17.3 Å². The van der Waals surface area contributed by atoms with E-state index in [4.69, 9.17) is 0 Å². The van der Waals surface area contributed by atoms with Crippen molar-refractivity contribution in [2.75, 3.05) is 25.7 Å². The molecule has 0 radical (unpaired) electrons. The average Bonchev–Trinajstić information content (AvgIpc) is 3.22. The lowest BCUT2D eigenvalue weighted by Gasteiger charge is -2.23. The number of benzene rings is 2. The van der Waals surface area contributed by atoms with Crippen LogP contribution in [0.1, 0.15) is 12.5 Å². The van der Waals surface area contributed by atoms with Gasteiger partial charge in [-0.1, -0.05) is 30.3 Å². The highest BCUT2D eigenvalue weighted by Crippen LogP contribution is 2.22. The SMILES string of the molecule is CCN(Cc1ccccc1)c1ccc(N=Nc2nncn2C)cc1.COS(=O)(=O)OC. The van der Waals surface area contributed by atoms with Gasteiger partial charge in [0.25, 0.3) is 5.95 Å². The fraction of sp³-hybridized carbons (Fsp3) is 0.300. The number of anilines is 1. The minimum Gasteiger partial charge on any atom is -0.367 e. The Morgan fingerprint density at radius 2 is 1.65 bits per heavy atom. The highest BCUT2D eigenvalue weighted by Gasteiger charge is 2.05. The summed E-state index contributed by atoms with van der Waals surface area (Å²) in [6, 6.07) is 18.5. The maximum absolute atomic E-state index is 9.92. The zero-order valence-electron chi connectivity index (χ0n) is 17.9. The third-order valence-corrected chi connectivity index (χ3v) is 4.98.